The van der Waals surface area contributed by atoms with Crippen LogP contribution in [0.4, 0.5) is 28.9 Å². The Kier molecular flexibility index (Phi) is 5.84. The van der Waals surface area contributed by atoms with Crippen LogP contribution in [-0.4, -0.2) is 65.0 Å². The van der Waals surface area contributed by atoms with E-state index in [1.807, 2.05) is 0 Å². The molecule has 2 N–H and O–H groups in total. The quantitative estimate of drug-likeness (QED) is 0.263. The minimum Gasteiger partial charge on any atom is -0.404 e. The summed E-state index contributed by atoms with van der Waals surface area (Å²) in [6, 6.07) is 12.3. The maximum atomic E-state index is 13.5. The van der Waals surface area contributed by atoms with E-state index in [2.05, 4.69) is 20.4 Å². The lowest BCUT2D eigenvalue weighted by Gasteiger charge is -2.40. The van der Waals surface area contributed by atoms with E-state index in [1.165, 1.54) is 18.3 Å². The molecule has 0 saturated carbocycles. The van der Waals surface area contributed by atoms with Crippen molar-refractivity contribution in [3.8, 4) is 17.0 Å². The van der Waals surface area contributed by atoms with Crippen LogP contribution in [0.2, 0.25) is 0 Å². The minimum atomic E-state index is -5.00. The Balaban J connectivity index is 1.19. The molecule has 3 aliphatic heterocycles. The second-order valence-electron chi connectivity index (χ2n) is 9.93. The number of alkyl halides is 3. The topological polar surface area (TPSA) is 89.6 Å². The van der Waals surface area contributed by atoms with Gasteiger partial charge in [0.1, 0.15) is 19.0 Å². The van der Waals surface area contributed by atoms with Gasteiger partial charge < -0.3 is 20.1 Å². The second-order valence-corrected chi connectivity index (χ2v) is 9.93. The van der Waals surface area contributed by atoms with E-state index in [0.717, 1.165) is 18.2 Å². The van der Waals surface area contributed by atoms with Crippen molar-refractivity contribution in [1.29, 1.82) is 0 Å². The first kappa shape index (κ1) is 25.3. The van der Waals surface area contributed by atoms with Crippen molar-refractivity contribution < 1.29 is 41.1 Å². The van der Waals surface area contributed by atoms with Crippen molar-refractivity contribution in [2.75, 3.05) is 23.8 Å². The first-order chi connectivity index (χ1) is 18.5. The van der Waals surface area contributed by atoms with Crippen molar-refractivity contribution in [2.24, 2.45) is 0 Å². The SMILES string of the molecule is CC(C(=O)Nc1cc(C(=O)Nc2ccc(-c3cccc(F)c3)nc2)ccc1OC(F)(F)F)[N+]12CC3OCC1C32. The molecular weight excluding hydrogens is 520 g/mol. The number of amides is 2. The Hall–Kier alpha value is -4.03. The van der Waals surface area contributed by atoms with Crippen molar-refractivity contribution >= 4 is 23.2 Å². The Morgan fingerprint density at radius 1 is 1.13 bits per heavy atom. The number of halogens is 4. The molecule has 3 aliphatic rings. The van der Waals surface area contributed by atoms with E-state index in [-0.39, 0.29) is 29.4 Å². The predicted octanol–water partition coefficient (Wildman–Crippen LogP) is 4.35. The van der Waals surface area contributed by atoms with Crippen molar-refractivity contribution in [3.05, 3.63) is 72.2 Å². The van der Waals surface area contributed by atoms with Crippen LogP contribution in [0.3, 0.4) is 0 Å². The van der Waals surface area contributed by atoms with Crippen molar-refractivity contribution in [1.82, 2.24) is 4.98 Å². The van der Waals surface area contributed by atoms with Crippen LogP contribution in [0.15, 0.2) is 60.8 Å². The van der Waals surface area contributed by atoms with Gasteiger partial charge in [-0.2, -0.15) is 0 Å². The third-order valence-electron chi connectivity index (χ3n) is 7.80. The fourth-order valence-electron chi connectivity index (χ4n) is 5.84. The van der Waals surface area contributed by atoms with Gasteiger partial charge >= 0.3 is 6.36 Å². The van der Waals surface area contributed by atoms with E-state index in [1.54, 1.807) is 31.2 Å². The van der Waals surface area contributed by atoms with Gasteiger partial charge in [-0.05, 0) is 49.4 Å². The van der Waals surface area contributed by atoms with Crippen LogP contribution in [0, 0.1) is 5.82 Å². The van der Waals surface area contributed by atoms with E-state index in [4.69, 9.17) is 4.74 Å². The van der Waals surface area contributed by atoms with Gasteiger partial charge in [-0.15, -0.1) is 13.2 Å². The summed E-state index contributed by atoms with van der Waals surface area (Å²) in [4.78, 5) is 30.2. The van der Waals surface area contributed by atoms with Crippen LogP contribution < -0.4 is 15.4 Å². The number of pyridine rings is 1. The van der Waals surface area contributed by atoms with Gasteiger partial charge in [-0.3, -0.25) is 19.1 Å². The molecule has 2 aromatic carbocycles. The lowest BCUT2D eigenvalue weighted by molar-refractivity contribution is -0.892. The number of hydrogen-bond donors (Lipinski definition) is 2. The number of nitrogens with zero attached hydrogens (tertiary/aromatic N) is 2. The van der Waals surface area contributed by atoms with Crippen molar-refractivity contribution in [2.45, 2.75) is 37.5 Å². The lowest BCUT2D eigenvalue weighted by atomic mass is 10.1. The van der Waals surface area contributed by atoms with Crippen LogP contribution in [0.5, 0.6) is 5.75 Å². The molecule has 1 aromatic heterocycles. The van der Waals surface area contributed by atoms with E-state index in [9.17, 15) is 27.2 Å². The van der Waals surface area contributed by atoms with Gasteiger partial charge in [0.15, 0.2) is 30.0 Å². The summed E-state index contributed by atoms with van der Waals surface area (Å²) in [5, 5.41) is 5.16. The molecule has 3 saturated heterocycles. The summed E-state index contributed by atoms with van der Waals surface area (Å²) < 4.78 is 62.9. The molecule has 4 heterocycles. The monoisotopic (exact) mass is 543 g/mol. The molecule has 3 fully saturated rings. The third-order valence-corrected chi connectivity index (χ3v) is 7.80. The molecule has 202 valence electrons. The lowest BCUT2D eigenvalue weighted by Crippen LogP contribution is -2.62. The molecule has 5 unspecified atom stereocenters. The number of morpholine rings is 2. The van der Waals surface area contributed by atoms with Gasteiger partial charge in [0.05, 0.1) is 23.3 Å². The average Bonchev–Trinajstić information content (AvgIpc) is 3.21. The zero-order valence-electron chi connectivity index (χ0n) is 20.5. The highest BCUT2D eigenvalue weighted by Gasteiger charge is 2.85. The number of fused-ring (bicyclic) bond motifs is 1. The predicted molar refractivity (Wildman–Crippen MR) is 131 cm³/mol. The van der Waals surface area contributed by atoms with E-state index < -0.39 is 35.8 Å². The third kappa shape index (κ3) is 4.49. The highest BCUT2D eigenvalue weighted by Crippen LogP contribution is 2.59. The highest BCUT2D eigenvalue weighted by molar-refractivity contribution is 6.06. The number of aromatic nitrogens is 1. The fraction of sp³-hybridized carbons (Fsp3) is 0.296. The molecule has 0 radical (unpaired) electrons. The zero-order chi connectivity index (χ0) is 27.5. The summed E-state index contributed by atoms with van der Waals surface area (Å²) in [5.41, 5.74) is 1.08. The molecule has 39 heavy (non-hydrogen) atoms. The van der Waals surface area contributed by atoms with Gasteiger partial charge in [-0.1, -0.05) is 12.1 Å². The molecule has 5 atom stereocenters. The van der Waals surface area contributed by atoms with Gasteiger partial charge in [0.2, 0.25) is 0 Å². The molecule has 6 rings (SSSR count). The van der Waals surface area contributed by atoms with Crippen molar-refractivity contribution in [3.63, 3.8) is 0 Å². The number of ether oxygens (including phenoxy) is 2. The first-order valence-corrected chi connectivity index (χ1v) is 12.3. The fourth-order valence-corrected chi connectivity index (χ4v) is 5.84. The smallest absolute Gasteiger partial charge is 0.404 e. The number of nitrogens with one attached hydrogen (secondary N) is 2. The van der Waals surface area contributed by atoms with Gasteiger partial charge in [-0.25, -0.2) is 4.39 Å². The molecule has 12 heteroatoms. The van der Waals surface area contributed by atoms with Crippen LogP contribution >= 0.6 is 0 Å². The Labute approximate surface area is 220 Å². The summed E-state index contributed by atoms with van der Waals surface area (Å²) in [5.74, 6) is -2.14. The van der Waals surface area contributed by atoms with Crippen LogP contribution in [0.1, 0.15) is 17.3 Å². The molecule has 3 aromatic rings. The molecule has 0 spiro atoms. The Morgan fingerprint density at radius 2 is 1.95 bits per heavy atom. The summed E-state index contributed by atoms with van der Waals surface area (Å²) in [7, 11) is 0. The molecule has 0 aliphatic carbocycles. The number of anilines is 2. The summed E-state index contributed by atoms with van der Waals surface area (Å²) in [6.45, 7) is 3.01. The maximum absolute atomic E-state index is 13.5. The molecular formula is C27H23F4N4O4+. The number of rotatable bonds is 7. The van der Waals surface area contributed by atoms with E-state index >= 15 is 0 Å². The number of hydrogen-bond acceptors (Lipinski definition) is 5. The first-order valence-electron chi connectivity index (χ1n) is 12.3. The second kappa shape index (κ2) is 9.02. The standard InChI is InChI=1S/C27H22F4N4O4/c1-14(35-12-23-24(35)21(35)13-38-23)25(36)34-20-10-16(5-8-22(20)39-27(29,30)31)26(37)33-18-6-7-19(32-11-18)15-3-2-4-17(28)9-15/h2-11,14,21,23-24H,12-13H2,1H3,(H-,33,34,36,37)/p+1. The number of carbonyl (C=O) groups is 2. The highest BCUT2D eigenvalue weighted by atomic mass is 19.4. The molecule has 8 nitrogen and oxygen atoms in total. The largest absolute Gasteiger partial charge is 0.573 e. The van der Waals surface area contributed by atoms with Crippen LogP contribution in [0.25, 0.3) is 11.3 Å². The van der Waals surface area contributed by atoms with E-state index in [0.29, 0.717) is 34.6 Å². The maximum Gasteiger partial charge on any atom is 0.573 e. The molecule has 2 amide bonds. The zero-order valence-corrected chi connectivity index (χ0v) is 20.5. The average molecular weight is 543 g/mol. The Morgan fingerprint density at radius 3 is 2.59 bits per heavy atom. The summed E-state index contributed by atoms with van der Waals surface area (Å²) >= 11 is 0. The van der Waals surface area contributed by atoms with Gasteiger partial charge in [0, 0.05) is 11.1 Å². The number of carbonyl (C=O) groups excluding carboxylic acids is 2. The van der Waals surface area contributed by atoms with Gasteiger partial charge in [0.25, 0.3) is 11.8 Å². The van der Waals surface area contributed by atoms with Crippen LogP contribution in [-0.2, 0) is 9.53 Å². The minimum absolute atomic E-state index is 0.00487. The summed E-state index contributed by atoms with van der Waals surface area (Å²) in [6.07, 6.45) is -3.48. The molecule has 0 bridgehead atoms. The number of benzene rings is 2. The Bertz CT molecular complexity index is 1460. The normalized spacial score (nSPS) is 25.2. The number of quaternary nitrogens is 1.